The Morgan fingerprint density at radius 2 is 2.15 bits per heavy atom. The van der Waals surface area contributed by atoms with Gasteiger partial charge in [-0.3, -0.25) is 0 Å². The number of halogens is 1. The van der Waals surface area contributed by atoms with E-state index >= 15 is 0 Å². The molecule has 0 aliphatic rings. The Hall–Kier alpha value is -1.02. The number of aryl methyl sites for hydroxylation is 1. The molecule has 1 aromatic carbocycles. The minimum absolute atomic E-state index is 0. The molecule has 0 bridgehead atoms. The van der Waals surface area contributed by atoms with Crippen molar-refractivity contribution in [2.24, 2.45) is 0 Å². The number of esters is 1. The summed E-state index contributed by atoms with van der Waals surface area (Å²) < 4.78 is 4.60. The highest BCUT2D eigenvalue weighted by atomic mass is 35.5. The second-order valence-electron chi connectivity index (χ2n) is 2.55. The zero-order chi connectivity index (χ0) is 8.97. The molecule has 13 heavy (non-hydrogen) atoms. The lowest BCUT2D eigenvalue weighted by Gasteiger charge is -2.00. The van der Waals surface area contributed by atoms with Crippen LogP contribution in [0.25, 0.3) is 0 Å². The molecule has 0 aliphatic carbocycles. The van der Waals surface area contributed by atoms with E-state index in [-0.39, 0.29) is 18.4 Å². The fraction of sp³-hybridized carbons (Fsp3) is 0.300. The Morgan fingerprint density at radius 1 is 1.46 bits per heavy atom. The first-order chi connectivity index (χ1) is 5.77. The first-order valence-corrected chi connectivity index (χ1v) is 3.95. The molecule has 2 nitrogen and oxygen atoms in total. The summed E-state index contributed by atoms with van der Waals surface area (Å²) in [6.45, 7) is 2.05. The molecule has 0 heterocycles. The molecule has 0 aromatic heterocycles. The highest BCUT2D eigenvalue weighted by Crippen LogP contribution is 2.06. The second kappa shape index (κ2) is 5.60. The SMILES string of the molecule is CCc1cccc(C(=O)OC)c1.Cl. The Balaban J connectivity index is 0.00000144. The topological polar surface area (TPSA) is 26.3 Å². The van der Waals surface area contributed by atoms with Crippen LogP contribution in [0.1, 0.15) is 22.8 Å². The van der Waals surface area contributed by atoms with Crippen LogP contribution in [0.4, 0.5) is 0 Å². The molecule has 0 saturated heterocycles. The van der Waals surface area contributed by atoms with Crippen LogP contribution in [-0.4, -0.2) is 13.1 Å². The molecule has 0 N–H and O–H groups in total. The summed E-state index contributed by atoms with van der Waals surface area (Å²) in [6, 6.07) is 7.47. The fourth-order valence-electron chi connectivity index (χ4n) is 1.04. The van der Waals surface area contributed by atoms with Crippen molar-refractivity contribution in [1.82, 2.24) is 0 Å². The van der Waals surface area contributed by atoms with Crippen molar-refractivity contribution in [2.75, 3.05) is 7.11 Å². The average Bonchev–Trinajstić information content (AvgIpc) is 2.17. The third kappa shape index (κ3) is 3.07. The van der Waals surface area contributed by atoms with E-state index < -0.39 is 0 Å². The molecule has 0 atom stereocenters. The maximum atomic E-state index is 11.1. The average molecular weight is 201 g/mol. The molecule has 0 saturated carbocycles. The molecule has 0 fully saturated rings. The summed E-state index contributed by atoms with van der Waals surface area (Å²) in [5, 5.41) is 0. The van der Waals surface area contributed by atoms with E-state index in [9.17, 15) is 4.79 Å². The van der Waals surface area contributed by atoms with Gasteiger partial charge >= 0.3 is 5.97 Å². The Kier molecular flexibility index (Phi) is 5.16. The Labute approximate surface area is 84.3 Å². The van der Waals surface area contributed by atoms with Crippen molar-refractivity contribution in [3.8, 4) is 0 Å². The van der Waals surface area contributed by atoms with Gasteiger partial charge in [-0.05, 0) is 24.1 Å². The summed E-state index contributed by atoms with van der Waals surface area (Å²) in [4.78, 5) is 11.1. The molecule has 72 valence electrons. The maximum absolute atomic E-state index is 11.1. The van der Waals surface area contributed by atoms with Crippen LogP contribution in [0.2, 0.25) is 0 Å². The summed E-state index contributed by atoms with van der Waals surface area (Å²) in [5.41, 5.74) is 1.77. The van der Waals surface area contributed by atoms with Gasteiger partial charge in [0.2, 0.25) is 0 Å². The first kappa shape index (κ1) is 12.0. The fourth-order valence-corrected chi connectivity index (χ4v) is 1.04. The predicted octanol–water partition coefficient (Wildman–Crippen LogP) is 2.46. The van der Waals surface area contributed by atoms with Crippen LogP contribution >= 0.6 is 12.4 Å². The van der Waals surface area contributed by atoms with Crippen molar-refractivity contribution in [3.63, 3.8) is 0 Å². The van der Waals surface area contributed by atoms with Gasteiger partial charge in [-0.2, -0.15) is 0 Å². The second-order valence-corrected chi connectivity index (χ2v) is 2.55. The van der Waals surface area contributed by atoms with Crippen LogP contribution in [0.15, 0.2) is 24.3 Å². The van der Waals surface area contributed by atoms with Gasteiger partial charge in [0.1, 0.15) is 0 Å². The van der Waals surface area contributed by atoms with Gasteiger partial charge in [0, 0.05) is 0 Å². The van der Waals surface area contributed by atoms with Gasteiger partial charge < -0.3 is 4.74 Å². The number of hydrogen-bond acceptors (Lipinski definition) is 2. The van der Waals surface area contributed by atoms with E-state index in [0.29, 0.717) is 5.56 Å². The van der Waals surface area contributed by atoms with Gasteiger partial charge in [-0.15, -0.1) is 12.4 Å². The molecule has 0 aliphatic heterocycles. The monoisotopic (exact) mass is 200 g/mol. The van der Waals surface area contributed by atoms with Gasteiger partial charge in [-0.25, -0.2) is 4.79 Å². The number of benzene rings is 1. The summed E-state index contributed by atoms with van der Waals surface area (Å²) >= 11 is 0. The lowest BCUT2D eigenvalue weighted by atomic mass is 10.1. The quantitative estimate of drug-likeness (QED) is 0.686. The Morgan fingerprint density at radius 3 is 2.69 bits per heavy atom. The molecule has 0 spiro atoms. The van der Waals surface area contributed by atoms with Crippen molar-refractivity contribution in [1.29, 1.82) is 0 Å². The largest absolute Gasteiger partial charge is 0.465 e. The molecule has 1 aromatic rings. The number of carbonyl (C=O) groups excluding carboxylic acids is 1. The standard InChI is InChI=1S/C10H12O2.ClH/c1-3-8-5-4-6-9(7-8)10(11)12-2;/h4-7H,3H2,1-2H3;1H. The minimum atomic E-state index is -0.273. The van der Waals surface area contributed by atoms with Crippen molar-refractivity contribution in [3.05, 3.63) is 35.4 Å². The molecule has 0 radical (unpaired) electrons. The van der Waals surface area contributed by atoms with Crippen molar-refractivity contribution < 1.29 is 9.53 Å². The number of rotatable bonds is 2. The van der Waals surface area contributed by atoms with Gasteiger partial charge in [0.15, 0.2) is 0 Å². The van der Waals surface area contributed by atoms with Gasteiger partial charge in [0.25, 0.3) is 0 Å². The summed E-state index contributed by atoms with van der Waals surface area (Å²) in [5.74, 6) is -0.273. The number of hydrogen-bond donors (Lipinski definition) is 0. The zero-order valence-electron chi connectivity index (χ0n) is 7.74. The number of carbonyl (C=O) groups is 1. The molecule has 0 unspecified atom stereocenters. The molecule has 1 rings (SSSR count). The van der Waals surface area contributed by atoms with E-state index in [0.717, 1.165) is 12.0 Å². The van der Waals surface area contributed by atoms with Gasteiger partial charge in [0.05, 0.1) is 12.7 Å². The van der Waals surface area contributed by atoms with Crippen LogP contribution in [0.5, 0.6) is 0 Å². The van der Waals surface area contributed by atoms with E-state index in [1.54, 1.807) is 6.07 Å². The van der Waals surface area contributed by atoms with Crippen LogP contribution in [0, 0.1) is 0 Å². The van der Waals surface area contributed by atoms with Crippen LogP contribution in [0.3, 0.4) is 0 Å². The van der Waals surface area contributed by atoms with E-state index in [1.807, 2.05) is 18.2 Å². The van der Waals surface area contributed by atoms with Crippen LogP contribution < -0.4 is 0 Å². The smallest absolute Gasteiger partial charge is 0.337 e. The maximum Gasteiger partial charge on any atom is 0.337 e. The normalized spacial score (nSPS) is 8.77. The first-order valence-electron chi connectivity index (χ1n) is 3.95. The molecular formula is C10H13ClO2. The Bertz CT molecular complexity index is 284. The lowest BCUT2D eigenvalue weighted by molar-refractivity contribution is 0.0600. The highest BCUT2D eigenvalue weighted by Gasteiger charge is 2.03. The number of methoxy groups -OCH3 is 1. The van der Waals surface area contributed by atoms with E-state index in [4.69, 9.17) is 0 Å². The molecule has 0 amide bonds. The summed E-state index contributed by atoms with van der Waals surface area (Å²) in [6.07, 6.45) is 0.935. The van der Waals surface area contributed by atoms with Crippen molar-refractivity contribution in [2.45, 2.75) is 13.3 Å². The third-order valence-electron chi connectivity index (χ3n) is 1.76. The van der Waals surface area contributed by atoms with Gasteiger partial charge in [-0.1, -0.05) is 19.1 Å². The zero-order valence-corrected chi connectivity index (χ0v) is 8.56. The van der Waals surface area contributed by atoms with Crippen LogP contribution in [-0.2, 0) is 11.2 Å². The summed E-state index contributed by atoms with van der Waals surface area (Å²) in [7, 11) is 1.39. The third-order valence-corrected chi connectivity index (χ3v) is 1.76. The number of ether oxygens (including phenoxy) is 1. The van der Waals surface area contributed by atoms with E-state index in [2.05, 4.69) is 11.7 Å². The highest BCUT2D eigenvalue weighted by molar-refractivity contribution is 5.89. The van der Waals surface area contributed by atoms with Crippen molar-refractivity contribution >= 4 is 18.4 Å². The molecule has 3 heteroatoms. The predicted molar refractivity (Wildman–Crippen MR) is 54.4 cm³/mol. The van der Waals surface area contributed by atoms with E-state index in [1.165, 1.54) is 7.11 Å². The minimum Gasteiger partial charge on any atom is -0.465 e. The molecular weight excluding hydrogens is 188 g/mol. The lowest BCUT2D eigenvalue weighted by Crippen LogP contribution is -2.01.